The van der Waals surface area contributed by atoms with Gasteiger partial charge in [0.25, 0.3) is 0 Å². The summed E-state index contributed by atoms with van der Waals surface area (Å²) in [7, 11) is 3.96. The molecule has 34 heavy (non-hydrogen) atoms. The van der Waals surface area contributed by atoms with Crippen molar-refractivity contribution in [2.24, 2.45) is 0 Å². The molecule has 8 nitrogen and oxygen atoms in total. The lowest BCUT2D eigenvalue weighted by Crippen LogP contribution is -2.08. The van der Waals surface area contributed by atoms with E-state index in [4.69, 9.17) is 4.98 Å². The van der Waals surface area contributed by atoms with E-state index in [9.17, 15) is 4.39 Å². The molecule has 6 rings (SSSR count). The summed E-state index contributed by atoms with van der Waals surface area (Å²) in [4.78, 5) is 24.1. The Balaban J connectivity index is 0.00000241. The van der Waals surface area contributed by atoms with Gasteiger partial charge in [-0.2, -0.15) is 9.49 Å². The SMILES string of the molecule is C.CN(C)c1cncc(-c2cnc3n[nH]c(-c4nc5c(-c6ccc(F)s6)cncc5[nH]4)c3c2)c1. The van der Waals surface area contributed by atoms with Gasteiger partial charge >= 0.3 is 0 Å². The van der Waals surface area contributed by atoms with E-state index in [1.54, 1.807) is 24.7 Å². The Morgan fingerprint density at radius 2 is 1.79 bits per heavy atom. The summed E-state index contributed by atoms with van der Waals surface area (Å²) in [6.07, 6.45) is 8.83. The van der Waals surface area contributed by atoms with Crippen molar-refractivity contribution in [3.63, 3.8) is 0 Å². The van der Waals surface area contributed by atoms with Gasteiger partial charge in [0, 0.05) is 54.3 Å². The van der Waals surface area contributed by atoms with Gasteiger partial charge in [0.05, 0.1) is 29.0 Å². The Bertz CT molecular complexity index is 1630. The number of anilines is 1. The van der Waals surface area contributed by atoms with Crippen molar-refractivity contribution in [1.29, 1.82) is 0 Å². The van der Waals surface area contributed by atoms with Gasteiger partial charge < -0.3 is 9.88 Å². The zero-order valence-electron chi connectivity index (χ0n) is 17.7. The monoisotopic (exact) mass is 472 g/mol. The van der Waals surface area contributed by atoms with Gasteiger partial charge in [-0.1, -0.05) is 7.43 Å². The van der Waals surface area contributed by atoms with Crippen molar-refractivity contribution in [2.75, 3.05) is 19.0 Å². The second kappa shape index (κ2) is 8.31. The number of nitrogens with zero attached hydrogens (tertiary/aromatic N) is 6. The van der Waals surface area contributed by atoms with Gasteiger partial charge in [-0.3, -0.25) is 15.1 Å². The molecule has 0 bridgehead atoms. The standard InChI is InChI=1S/C23H17FN8S.CH4/c1-32(2)14-5-12(7-25-9-14)13-6-15-21(30-31-22(15)27-8-13)23-28-17-11-26-10-16(20(17)29-23)18-3-4-19(24)33-18;/h3-11H,1-2H3,(H,28,29)(H,27,30,31);1H4. The average molecular weight is 473 g/mol. The van der Waals surface area contributed by atoms with Crippen molar-refractivity contribution < 1.29 is 4.39 Å². The van der Waals surface area contributed by atoms with Crippen LogP contribution in [-0.2, 0) is 0 Å². The number of aromatic nitrogens is 7. The number of nitrogens with one attached hydrogen (secondary N) is 2. The number of hydrogen-bond acceptors (Lipinski definition) is 7. The number of halogens is 1. The van der Waals surface area contributed by atoms with E-state index in [0.717, 1.165) is 60.7 Å². The van der Waals surface area contributed by atoms with Crippen molar-refractivity contribution in [1.82, 2.24) is 35.1 Å². The summed E-state index contributed by atoms with van der Waals surface area (Å²) >= 11 is 1.07. The molecule has 0 unspecified atom stereocenters. The highest BCUT2D eigenvalue weighted by molar-refractivity contribution is 7.14. The maximum atomic E-state index is 13.6. The molecule has 0 saturated carbocycles. The highest BCUT2D eigenvalue weighted by atomic mass is 32.1. The average Bonchev–Trinajstić information content (AvgIpc) is 3.55. The maximum Gasteiger partial charge on any atom is 0.181 e. The first kappa shape index (κ1) is 21.7. The van der Waals surface area contributed by atoms with Crippen LogP contribution >= 0.6 is 11.3 Å². The summed E-state index contributed by atoms with van der Waals surface area (Å²) < 4.78 is 13.6. The molecule has 6 aromatic rings. The number of rotatable bonds is 4. The third kappa shape index (κ3) is 3.57. The predicted octanol–water partition coefficient (Wildman–Crippen LogP) is 5.53. The van der Waals surface area contributed by atoms with Crippen molar-refractivity contribution in [2.45, 2.75) is 7.43 Å². The molecule has 0 radical (unpaired) electrons. The van der Waals surface area contributed by atoms with Gasteiger partial charge in [-0.25, -0.2) is 9.97 Å². The lowest BCUT2D eigenvalue weighted by atomic mass is 10.1. The Labute approximate surface area is 198 Å². The lowest BCUT2D eigenvalue weighted by molar-refractivity contribution is 0.657. The topological polar surface area (TPSA) is 99.3 Å². The van der Waals surface area contributed by atoms with Crippen molar-refractivity contribution >= 4 is 39.1 Å². The summed E-state index contributed by atoms with van der Waals surface area (Å²) in [6.45, 7) is 0. The molecule has 10 heteroatoms. The molecule has 0 aliphatic carbocycles. The first-order valence-electron chi connectivity index (χ1n) is 10.1. The first-order chi connectivity index (χ1) is 16.1. The van der Waals surface area contributed by atoms with E-state index in [0.29, 0.717) is 11.5 Å². The van der Waals surface area contributed by atoms with Crippen LogP contribution in [0.15, 0.2) is 55.2 Å². The van der Waals surface area contributed by atoms with Gasteiger partial charge in [-0.15, -0.1) is 11.3 Å². The van der Waals surface area contributed by atoms with Crippen LogP contribution in [0.2, 0.25) is 0 Å². The van der Waals surface area contributed by atoms with Crippen molar-refractivity contribution in [3.8, 4) is 33.1 Å². The molecule has 2 N–H and O–H groups in total. The van der Waals surface area contributed by atoms with Crippen LogP contribution in [0.1, 0.15) is 7.43 Å². The number of fused-ring (bicyclic) bond motifs is 2. The normalized spacial score (nSPS) is 11.1. The molecule has 0 atom stereocenters. The van der Waals surface area contributed by atoms with Gasteiger partial charge in [-0.05, 0) is 24.3 Å². The van der Waals surface area contributed by atoms with Crippen LogP contribution in [-0.4, -0.2) is 49.2 Å². The number of thiophene rings is 1. The Morgan fingerprint density at radius 3 is 2.59 bits per heavy atom. The summed E-state index contributed by atoms with van der Waals surface area (Å²) in [6, 6.07) is 7.28. The van der Waals surface area contributed by atoms with Crippen LogP contribution in [0, 0.1) is 5.13 Å². The quantitative estimate of drug-likeness (QED) is 0.350. The van der Waals surface area contributed by atoms with Crippen LogP contribution in [0.25, 0.3) is 55.2 Å². The molecule has 0 aliphatic rings. The number of imidazole rings is 1. The summed E-state index contributed by atoms with van der Waals surface area (Å²) in [5.74, 6) is 0.609. The van der Waals surface area contributed by atoms with Crippen LogP contribution in [0.4, 0.5) is 10.1 Å². The molecule has 0 spiro atoms. The van der Waals surface area contributed by atoms with Crippen LogP contribution in [0.5, 0.6) is 0 Å². The minimum absolute atomic E-state index is 0. The third-order valence-electron chi connectivity index (χ3n) is 5.45. The Kier molecular flexibility index (Phi) is 5.29. The Hall–Kier alpha value is -4.18. The molecule has 6 heterocycles. The molecule has 0 fully saturated rings. The molecule has 0 amide bonds. The maximum absolute atomic E-state index is 13.6. The zero-order valence-corrected chi connectivity index (χ0v) is 18.5. The third-order valence-corrected chi connectivity index (χ3v) is 6.36. The highest BCUT2D eigenvalue weighted by Gasteiger charge is 2.17. The Morgan fingerprint density at radius 1 is 0.971 bits per heavy atom. The molecule has 0 aliphatic heterocycles. The molecule has 170 valence electrons. The van der Waals surface area contributed by atoms with E-state index in [-0.39, 0.29) is 12.6 Å². The number of pyridine rings is 3. The van der Waals surface area contributed by atoms with E-state index in [1.165, 1.54) is 6.07 Å². The van der Waals surface area contributed by atoms with E-state index in [2.05, 4.69) is 36.2 Å². The summed E-state index contributed by atoms with van der Waals surface area (Å²) in [5, 5.41) is 7.99. The fourth-order valence-corrected chi connectivity index (χ4v) is 4.50. The van der Waals surface area contributed by atoms with E-state index < -0.39 is 0 Å². The minimum Gasteiger partial charge on any atom is -0.376 e. The van der Waals surface area contributed by atoms with Gasteiger partial charge in [0.1, 0.15) is 11.2 Å². The minimum atomic E-state index is -0.247. The van der Waals surface area contributed by atoms with Crippen LogP contribution in [0.3, 0.4) is 0 Å². The zero-order chi connectivity index (χ0) is 22.5. The molecule has 0 saturated heterocycles. The second-order valence-electron chi connectivity index (χ2n) is 7.79. The lowest BCUT2D eigenvalue weighted by Gasteiger charge is -2.12. The molecular weight excluding hydrogens is 451 g/mol. The summed E-state index contributed by atoms with van der Waals surface area (Å²) in [5.41, 5.74) is 6.44. The van der Waals surface area contributed by atoms with Crippen molar-refractivity contribution in [3.05, 3.63) is 60.4 Å². The van der Waals surface area contributed by atoms with Gasteiger partial charge in [0.2, 0.25) is 0 Å². The first-order valence-corrected chi connectivity index (χ1v) is 10.9. The fraction of sp³-hybridized carbons (Fsp3) is 0.125. The second-order valence-corrected chi connectivity index (χ2v) is 8.83. The molecule has 0 aromatic carbocycles. The highest BCUT2D eigenvalue weighted by Crippen LogP contribution is 2.34. The van der Waals surface area contributed by atoms with Crippen LogP contribution < -0.4 is 4.90 Å². The molecular formula is C24H21FN8S. The van der Waals surface area contributed by atoms with E-state index in [1.807, 2.05) is 37.5 Å². The number of aromatic amines is 2. The van der Waals surface area contributed by atoms with Gasteiger partial charge in [0.15, 0.2) is 16.6 Å². The smallest absolute Gasteiger partial charge is 0.181 e. The van der Waals surface area contributed by atoms with E-state index >= 15 is 0 Å². The fourth-order valence-electron chi connectivity index (χ4n) is 3.76. The molecule has 6 aromatic heterocycles. The number of H-pyrrole nitrogens is 2. The number of hydrogen-bond donors (Lipinski definition) is 2. The largest absolute Gasteiger partial charge is 0.376 e. The predicted molar refractivity (Wildman–Crippen MR) is 134 cm³/mol.